The van der Waals surface area contributed by atoms with Crippen LogP contribution in [0.4, 0.5) is 0 Å². The van der Waals surface area contributed by atoms with Crippen molar-refractivity contribution in [3.63, 3.8) is 0 Å². The van der Waals surface area contributed by atoms with Crippen LogP contribution in [0.15, 0.2) is 36.5 Å². The molecule has 2 nitrogen and oxygen atoms in total. The maximum Gasteiger partial charge on any atom is 0.187 e. The highest BCUT2D eigenvalue weighted by atomic mass is 35.5. The number of likely N-dealkylation sites (tertiary alicyclic amines) is 1. The van der Waals surface area contributed by atoms with Crippen molar-refractivity contribution >= 4 is 17.4 Å². The van der Waals surface area contributed by atoms with Crippen LogP contribution in [0.2, 0.25) is 5.02 Å². The number of halogens is 1. The first-order valence-electron chi connectivity index (χ1n) is 5.98. The molecule has 0 saturated carbocycles. The van der Waals surface area contributed by atoms with Crippen molar-refractivity contribution in [3.05, 3.63) is 47.1 Å². The lowest BCUT2D eigenvalue weighted by molar-refractivity contribution is 0.104. The first-order chi connectivity index (χ1) is 8.25. The van der Waals surface area contributed by atoms with Crippen LogP contribution in [-0.2, 0) is 0 Å². The van der Waals surface area contributed by atoms with Crippen molar-refractivity contribution < 1.29 is 4.79 Å². The van der Waals surface area contributed by atoms with Gasteiger partial charge in [0.15, 0.2) is 5.78 Å². The number of hydrogen-bond acceptors (Lipinski definition) is 2. The summed E-state index contributed by atoms with van der Waals surface area (Å²) >= 11 is 5.78. The standard InChI is InChI=1S/C14H16ClNO/c15-13-6-4-12(5-7-13)14(17)8-11-16-9-2-1-3-10-16/h4-8,11H,1-3,9-10H2. The van der Waals surface area contributed by atoms with E-state index in [2.05, 4.69) is 4.90 Å². The normalized spacial score (nSPS) is 16.4. The molecule has 0 bridgehead atoms. The third-order valence-corrected chi connectivity index (χ3v) is 3.21. The third-order valence-electron chi connectivity index (χ3n) is 2.96. The van der Waals surface area contributed by atoms with Crippen molar-refractivity contribution in [2.75, 3.05) is 13.1 Å². The van der Waals surface area contributed by atoms with E-state index >= 15 is 0 Å². The number of allylic oxidation sites excluding steroid dienone is 1. The number of carbonyl (C=O) groups excluding carboxylic acids is 1. The van der Waals surface area contributed by atoms with Crippen LogP contribution in [0.3, 0.4) is 0 Å². The van der Waals surface area contributed by atoms with Gasteiger partial charge in [-0.25, -0.2) is 0 Å². The molecule has 2 rings (SSSR count). The first-order valence-corrected chi connectivity index (χ1v) is 6.36. The summed E-state index contributed by atoms with van der Waals surface area (Å²) in [6.45, 7) is 2.12. The largest absolute Gasteiger partial charge is 0.377 e. The minimum absolute atomic E-state index is 0.0345. The van der Waals surface area contributed by atoms with E-state index in [1.54, 1.807) is 30.3 Å². The Morgan fingerprint density at radius 2 is 1.76 bits per heavy atom. The Balaban J connectivity index is 1.96. The SMILES string of the molecule is O=C(C=CN1CCCCC1)c1ccc(Cl)cc1. The maximum absolute atomic E-state index is 11.8. The number of hydrogen-bond donors (Lipinski definition) is 0. The molecule has 0 radical (unpaired) electrons. The molecule has 1 aromatic rings. The van der Waals surface area contributed by atoms with Gasteiger partial charge in [0.05, 0.1) is 0 Å². The Morgan fingerprint density at radius 1 is 1.12 bits per heavy atom. The van der Waals surface area contributed by atoms with E-state index in [-0.39, 0.29) is 5.78 Å². The molecule has 1 heterocycles. The van der Waals surface area contributed by atoms with Crippen LogP contribution < -0.4 is 0 Å². The smallest absolute Gasteiger partial charge is 0.187 e. The first kappa shape index (κ1) is 12.2. The highest BCUT2D eigenvalue weighted by Gasteiger charge is 2.06. The van der Waals surface area contributed by atoms with Crippen molar-refractivity contribution in [1.29, 1.82) is 0 Å². The average Bonchev–Trinajstić information content (AvgIpc) is 2.38. The van der Waals surface area contributed by atoms with Crippen LogP contribution in [0.1, 0.15) is 29.6 Å². The zero-order chi connectivity index (χ0) is 12.1. The van der Waals surface area contributed by atoms with Gasteiger partial charge in [0.25, 0.3) is 0 Å². The molecule has 1 aliphatic rings. The molecule has 0 spiro atoms. The monoisotopic (exact) mass is 249 g/mol. The fourth-order valence-corrected chi connectivity index (χ4v) is 2.08. The van der Waals surface area contributed by atoms with E-state index in [1.807, 2.05) is 6.20 Å². The summed E-state index contributed by atoms with van der Waals surface area (Å²) < 4.78 is 0. The van der Waals surface area contributed by atoms with E-state index in [0.717, 1.165) is 13.1 Å². The van der Waals surface area contributed by atoms with Crippen molar-refractivity contribution in [2.45, 2.75) is 19.3 Å². The molecular formula is C14H16ClNO. The molecule has 0 atom stereocenters. The molecule has 1 saturated heterocycles. The van der Waals surface area contributed by atoms with Crippen LogP contribution in [0.5, 0.6) is 0 Å². The van der Waals surface area contributed by atoms with Gasteiger partial charge in [-0.05, 0) is 43.5 Å². The second-order valence-electron chi connectivity index (χ2n) is 4.28. The average molecular weight is 250 g/mol. The van der Waals surface area contributed by atoms with Crippen LogP contribution >= 0.6 is 11.6 Å². The molecule has 0 N–H and O–H groups in total. The number of ketones is 1. The Hall–Kier alpha value is -1.28. The minimum atomic E-state index is 0.0345. The van der Waals surface area contributed by atoms with Gasteiger partial charge in [-0.1, -0.05) is 11.6 Å². The highest BCUT2D eigenvalue weighted by molar-refractivity contribution is 6.30. The van der Waals surface area contributed by atoms with Crippen molar-refractivity contribution in [3.8, 4) is 0 Å². The Morgan fingerprint density at radius 3 is 2.41 bits per heavy atom. The molecule has 1 aromatic carbocycles. The van der Waals surface area contributed by atoms with E-state index in [0.29, 0.717) is 10.6 Å². The van der Waals surface area contributed by atoms with Gasteiger partial charge in [-0.2, -0.15) is 0 Å². The van der Waals surface area contributed by atoms with Gasteiger partial charge < -0.3 is 4.90 Å². The molecule has 1 aliphatic heterocycles. The Labute approximate surface area is 107 Å². The molecule has 90 valence electrons. The summed E-state index contributed by atoms with van der Waals surface area (Å²) in [5.74, 6) is 0.0345. The predicted octanol–water partition coefficient (Wildman–Crippen LogP) is 3.52. The molecule has 0 aliphatic carbocycles. The molecular weight excluding hydrogens is 234 g/mol. The van der Waals surface area contributed by atoms with Gasteiger partial charge in [-0.3, -0.25) is 4.79 Å². The van der Waals surface area contributed by atoms with Gasteiger partial charge >= 0.3 is 0 Å². The van der Waals surface area contributed by atoms with Crippen molar-refractivity contribution in [2.24, 2.45) is 0 Å². The summed E-state index contributed by atoms with van der Waals surface area (Å²) in [7, 11) is 0. The fraction of sp³-hybridized carbons (Fsp3) is 0.357. The van der Waals surface area contributed by atoms with Gasteiger partial charge in [0, 0.05) is 36.0 Å². The zero-order valence-electron chi connectivity index (χ0n) is 9.73. The lowest BCUT2D eigenvalue weighted by atomic mass is 10.1. The molecule has 0 unspecified atom stereocenters. The Kier molecular flexibility index (Phi) is 4.21. The van der Waals surface area contributed by atoms with E-state index in [1.165, 1.54) is 19.3 Å². The lowest BCUT2D eigenvalue weighted by Gasteiger charge is -2.24. The predicted molar refractivity (Wildman–Crippen MR) is 70.3 cm³/mol. The minimum Gasteiger partial charge on any atom is -0.377 e. The molecule has 1 fully saturated rings. The number of carbonyl (C=O) groups is 1. The molecule has 17 heavy (non-hydrogen) atoms. The second kappa shape index (κ2) is 5.87. The number of rotatable bonds is 3. The number of piperidine rings is 1. The molecule has 3 heteroatoms. The maximum atomic E-state index is 11.8. The van der Waals surface area contributed by atoms with E-state index in [9.17, 15) is 4.79 Å². The quantitative estimate of drug-likeness (QED) is 0.603. The Bertz CT molecular complexity index is 405. The highest BCUT2D eigenvalue weighted by Crippen LogP contribution is 2.12. The van der Waals surface area contributed by atoms with Crippen LogP contribution in [0, 0.1) is 0 Å². The van der Waals surface area contributed by atoms with Crippen LogP contribution in [0.25, 0.3) is 0 Å². The second-order valence-corrected chi connectivity index (χ2v) is 4.72. The van der Waals surface area contributed by atoms with E-state index < -0.39 is 0 Å². The topological polar surface area (TPSA) is 20.3 Å². The zero-order valence-corrected chi connectivity index (χ0v) is 10.5. The summed E-state index contributed by atoms with van der Waals surface area (Å²) in [6, 6.07) is 6.99. The van der Waals surface area contributed by atoms with E-state index in [4.69, 9.17) is 11.6 Å². The fourth-order valence-electron chi connectivity index (χ4n) is 1.95. The summed E-state index contributed by atoms with van der Waals surface area (Å²) in [5, 5.41) is 0.654. The number of benzene rings is 1. The molecule has 0 amide bonds. The van der Waals surface area contributed by atoms with Gasteiger partial charge in [0.1, 0.15) is 0 Å². The van der Waals surface area contributed by atoms with Crippen LogP contribution in [-0.4, -0.2) is 23.8 Å². The third kappa shape index (κ3) is 3.60. The van der Waals surface area contributed by atoms with Crippen molar-refractivity contribution in [1.82, 2.24) is 4.90 Å². The van der Waals surface area contributed by atoms with Gasteiger partial charge in [-0.15, -0.1) is 0 Å². The lowest BCUT2D eigenvalue weighted by Crippen LogP contribution is -2.24. The molecule has 0 aromatic heterocycles. The summed E-state index contributed by atoms with van der Waals surface area (Å²) in [6.07, 6.45) is 7.30. The number of nitrogens with zero attached hydrogens (tertiary/aromatic N) is 1. The summed E-state index contributed by atoms with van der Waals surface area (Å²) in [5.41, 5.74) is 0.683. The van der Waals surface area contributed by atoms with Gasteiger partial charge in [0.2, 0.25) is 0 Å². The summed E-state index contributed by atoms with van der Waals surface area (Å²) in [4.78, 5) is 14.0.